The Kier molecular flexibility index (Phi) is 6.44. The van der Waals surface area contributed by atoms with Crippen LogP contribution in [-0.2, 0) is 14.8 Å². The van der Waals surface area contributed by atoms with Gasteiger partial charge in [0, 0.05) is 16.7 Å². The van der Waals surface area contributed by atoms with Gasteiger partial charge in [0.1, 0.15) is 12.3 Å². The van der Waals surface area contributed by atoms with Gasteiger partial charge in [-0.05, 0) is 31.2 Å². The number of hydrogen-bond acceptors (Lipinski definition) is 7. The van der Waals surface area contributed by atoms with Gasteiger partial charge in [-0.1, -0.05) is 17.7 Å². The van der Waals surface area contributed by atoms with Crippen LogP contribution in [0.3, 0.4) is 0 Å². The van der Waals surface area contributed by atoms with Gasteiger partial charge in [-0.2, -0.15) is 0 Å². The van der Waals surface area contributed by atoms with E-state index in [2.05, 4.69) is 0 Å². The maximum Gasteiger partial charge on any atom is 0.273 e. The second-order valence-electron chi connectivity index (χ2n) is 5.60. The molecule has 10 nitrogen and oxygen atoms in total. The molecule has 0 aliphatic heterocycles. The van der Waals surface area contributed by atoms with Gasteiger partial charge in [0.25, 0.3) is 21.6 Å². The highest BCUT2D eigenvalue weighted by molar-refractivity contribution is 7.92. The average Bonchev–Trinajstić information content (AvgIpc) is 2.65. The number of hydrazine groups is 1. The number of benzene rings is 2. The maximum atomic E-state index is 13.2. The van der Waals surface area contributed by atoms with Crippen LogP contribution in [0.4, 0.5) is 11.4 Å². The van der Waals surface area contributed by atoms with Crippen LogP contribution in [0.25, 0.3) is 0 Å². The first-order valence-electron chi connectivity index (χ1n) is 7.72. The summed E-state index contributed by atoms with van der Waals surface area (Å²) in [6, 6.07) is 7.65. The first-order valence-corrected chi connectivity index (χ1v) is 9.54. The number of amides is 1. The van der Waals surface area contributed by atoms with Crippen LogP contribution in [0.5, 0.6) is 5.75 Å². The predicted octanol–water partition coefficient (Wildman–Crippen LogP) is 1.75. The number of halogens is 1. The molecular weight excluding hydrogens is 412 g/mol. The number of nitrogens with zero attached hydrogens (tertiary/aromatic N) is 2. The number of rotatable bonds is 7. The quantitative estimate of drug-likeness (QED) is 0.295. The highest BCUT2D eigenvalue weighted by Crippen LogP contribution is 2.35. The van der Waals surface area contributed by atoms with E-state index in [4.69, 9.17) is 22.2 Å². The summed E-state index contributed by atoms with van der Waals surface area (Å²) in [5, 5.41) is 11.4. The number of nitrogens with two attached hydrogens (primary N) is 1. The molecule has 2 aromatic carbocycles. The second kappa shape index (κ2) is 8.42. The van der Waals surface area contributed by atoms with Gasteiger partial charge >= 0.3 is 0 Å². The Balaban J connectivity index is 2.70. The summed E-state index contributed by atoms with van der Waals surface area (Å²) in [7, 11) is -3.09. The lowest BCUT2D eigenvalue weighted by Crippen LogP contribution is -2.43. The van der Waals surface area contributed by atoms with Gasteiger partial charge in [0.05, 0.1) is 22.6 Å². The van der Waals surface area contributed by atoms with Crippen molar-refractivity contribution in [2.24, 2.45) is 5.84 Å². The van der Waals surface area contributed by atoms with Gasteiger partial charge < -0.3 is 4.74 Å². The second-order valence-corrected chi connectivity index (χ2v) is 7.90. The van der Waals surface area contributed by atoms with Crippen LogP contribution in [0.1, 0.15) is 5.56 Å². The smallest absolute Gasteiger partial charge is 0.273 e. The Bertz CT molecular complexity index is 1030. The van der Waals surface area contributed by atoms with Gasteiger partial charge in [-0.25, -0.2) is 14.3 Å². The Hall–Kier alpha value is -2.89. The molecule has 2 rings (SSSR count). The molecule has 150 valence electrons. The number of hydrogen-bond donors (Lipinski definition) is 2. The third kappa shape index (κ3) is 4.32. The van der Waals surface area contributed by atoms with E-state index in [0.717, 1.165) is 6.07 Å². The van der Waals surface area contributed by atoms with Gasteiger partial charge in [0.2, 0.25) is 0 Å². The number of ether oxygens (including phenoxy) is 1. The van der Waals surface area contributed by atoms with Crippen molar-refractivity contribution < 1.29 is 22.9 Å². The lowest BCUT2D eigenvalue weighted by Gasteiger charge is -2.25. The number of anilines is 1. The fraction of sp³-hybridized carbons (Fsp3) is 0.188. The zero-order valence-corrected chi connectivity index (χ0v) is 16.5. The van der Waals surface area contributed by atoms with E-state index >= 15 is 0 Å². The third-order valence-electron chi connectivity index (χ3n) is 3.82. The van der Waals surface area contributed by atoms with Gasteiger partial charge in [0.15, 0.2) is 0 Å². The summed E-state index contributed by atoms with van der Waals surface area (Å²) in [4.78, 5) is 22.0. The average molecular weight is 429 g/mol. The number of nitro benzene ring substituents is 1. The van der Waals surface area contributed by atoms with E-state index in [9.17, 15) is 23.3 Å². The zero-order valence-electron chi connectivity index (χ0n) is 14.9. The minimum Gasteiger partial charge on any atom is -0.495 e. The van der Waals surface area contributed by atoms with E-state index in [0.29, 0.717) is 4.31 Å². The van der Waals surface area contributed by atoms with Crippen molar-refractivity contribution in [3.05, 3.63) is 57.1 Å². The van der Waals surface area contributed by atoms with E-state index < -0.39 is 27.4 Å². The molecule has 0 radical (unpaired) electrons. The molecule has 0 aliphatic rings. The topological polar surface area (TPSA) is 145 Å². The number of aryl methyl sites for hydroxylation is 1. The van der Waals surface area contributed by atoms with Crippen molar-refractivity contribution >= 4 is 38.9 Å². The molecule has 12 heteroatoms. The van der Waals surface area contributed by atoms with E-state index in [-0.39, 0.29) is 32.6 Å². The number of methoxy groups -OCH3 is 1. The minimum absolute atomic E-state index is 0.0261. The van der Waals surface area contributed by atoms with E-state index in [1.54, 1.807) is 0 Å². The van der Waals surface area contributed by atoms with Crippen LogP contribution in [-0.4, -0.2) is 32.9 Å². The molecule has 0 bridgehead atoms. The van der Waals surface area contributed by atoms with Crippen molar-refractivity contribution in [3.8, 4) is 5.75 Å². The number of carbonyl (C=O) groups is 1. The molecule has 1 amide bonds. The molecule has 0 heterocycles. The summed E-state index contributed by atoms with van der Waals surface area (Å²) in [6.45, 7) is 0.783. The molecule has 0 unspecified atom stereocenters. The molecule has 28 heavy (non-hydrogen) atoms. The number of nitrogens with one attached hydrogen (secondary N) is 1. The molecule has 0 spiro atoms. The Morgan fingerprint density at radius 3 is 2.57 bits per heavy atom. The van der Waals surface area contributed by atoms with Crippen molar-refractivity contribution in [1.82, 2.24) is 5.43 Å². The highest BCUT2D eigenvalue weighted by atomic mass is 35.5. The predicted molar refractivity (Wildman–Crippen MR) is 103 cm³/mol. The molecule has 0 atom stereocenters. The largest absolute Gasteiger partial charge is 0.495 e. The van der Waals surface area contributed by atoms with Crippen LogP contribution in [0, 0.1) is 17.0 Å². The standard InChI is InChI=1S/C16H17ClN4O6S/c1-10-3-5-12(8-13(10)21(23)24)28(25,26)20(9-16(22)19-18)14-7-11(17)4-6-15(14)27-2/h3-8H,9,18H2,1-2H3,(H,19,22). The van der Waals surface area contributed by atoms with E-state index in [1.807, 2.05) is 5.43 Å². The van der Waals surface area contributed by atoms with Crippen molar-refractivity contribution in [3.63, 3.8) is 0 Å². The molecule has 0 aromatic heterocycles. The van der Waals surface area contributed by atoms with Crippen LogP contribution in [0.2, 0.25) is 5.02 Å². The summed E-state index contributed by atoms with van der Waals surface area (Å²) in [5.74, 6) is 4.41. The highest BCUT2D eigenvalue weighted by Gasteiger charge is 2.31. The lowest BCUT2D eigenvalue weighted by molar-refractivity contribution is -0.385. The van der Waals surface area contributed by atoms with Gasteiger partial charge in [-0.15, -0.1) is 0 Å². The van der Waals surface area contributed by atoms with Crippen LogP contribution < -0.4 is 20.3 Å². The summed E-state index contributed by atoms with van der Waals surface area (Å²) < 4.78 is 32.4. The molecule has 0 fully saturated rings. The van der Waals surface area contributed by atoms with Crippen LogP contribution >= 0.6 is 11.6 Å². The number of carbonyl (C=O) groups excluding carboxylic acids is 1. The first kappa shape index (κ1) is 21.4. The van der Waals surface area contributed by atoms with Crippen molar-refractivity contribution in [2.45, 2.75) is 11.8 Å². The molecular formula is C16H17ClN4O6S. The summed E-state index contributed by atoms with van der Waals surface area (Å²) in [6.07, 6.45) is 0. The molecule has 0 aliphatic carbocycles. The van der Waals surface area contributed by atoms with Crippen molar-refractivity contribution in [1.29, 1.82) is 0 Å². The van der Waals surface area contributed by atoms with Gasteiger partial charge in [-0.3, -0.25) is 24.6 Å². The molecule has 0 saturated carbocycles. The zero-order chi connectivity index (χ0) is 21.1. The maximum absolute atomic E-state index is 13.2. The van der Waals surface area contributed by atoms with E-state index in [1.165, 1.54) is 44.4 Å². The number of nitro groups is 1. The van der Waals surface area contributed by atoms with Crippen LogP contribution in [0.15, 0.2) is 41.3 Å². The Morgan fingerprint density at radius 2 is 2.00 bits per heavy atom. The summed E-state index contributed by atoms with van der Waals surface area (Å²) in [5.41, 5.74) is 1.74. The SMILES string of the molecule is COc1ccc(Cl)cc1N(CC(=O)NN)S(=O)(=O)c1ccc(C)c([N+](=O)[O-])c1. The fourth-order valence-electron chi connectivity index (χ4n) is 2.41. The molecule has 2 aromatic rings. The molecule has 3 N–H and O–H groups in total. The monoisotopic (exact) mass is 428 g/mol. The normalized spacial score (nSPS) is 11.0. The summed E-state index contributed by atoms with van der Waals surface area (Å²) >= 11 is 5.98. The Labute approximate surface area is 166 Å². The number of sulfonamides is 1. The fourth-order valence-corrected chi connectivity index (χ4v) is 4.02. The lowest BCUT2D eigenvalue weighted by atomic mass is 10.2. The Morgan fingerprint density at radius 1 is 1.32 bits per heavy atom. The first-order chi connectivity index (χ1) is 13.1. The third-order valence-corrected chi connectivity index (χ3v) is 5.81. The minimum atomic E-state index is -4.41. The molecule has 0 saturated heterocycles. The van der Waals surface area contributed by atoms with Crippen molar-refractivity contribution in [2.75, 3.05) is 18.0 Å².